The Bertz CT molecular complexity index is 338. The molecule has 0 aliphatic heterocycles. The molecular formula is C14H26N2O4. The number of aliphatic carboxylic acids is 1. The Morgan fingerprint density at radius 3 is 2.35 bits per heavy atom. The van der Waals surface area contributed by atoms with Crippen LogP contribution in [0.25, 0.3) is 0 Å². The first kappa shape index (κ1) is 16.8. The number of nitrogens with one attached hydrogen (secondary N) is 1. The van der Waals surface area contributed by atoms with Crippen LogP contribution in [0.4, 0.5) is 4.79 Å². The van der Waals surface area contributed by atoms with Crippen molar-refractivity contribution in [1.29, 1.82) is 0 Å². The maximum absolute atomic E-state index is 12.2. The summed E-state index contributed by atoms with van der Waals surface area (Å²) in [7, 11) is 0. The van der Waals surface area contributed by atoms with E-state index in [-0.39, 0.29) is 25.2 Å². The van der Waals surface area contributed by atoms with Crippen LogP contribution in [0.1, 0.15) is 46.0 Å². The highest BCUT2D eigenvalue weighted by molar-refractivity contribution is 5.78. The topological polar surface area (TPSA) is 89.9 Å². The molecule has 1 fully saturated rings. The summed E-state index contributed by atoms with van der Waals surface area (Å²) in [6.07, 6.45) is 3.58. The second kappa shape index (κ2) is 7.47. The molecule has 2 amide bonds. The summed E-state index contributed by atoms with van der Waals surface area (Å²) in [4.78, 5) is 25.2. The van der Waals surface area contributed by atoms with Gasteiger partial charge in [0.2, 0.25) is 0 Å². The maximum Gasteiger partial charge on any atom is 0.317 e. The second-order valence-electron chi connectivity index (χ2n) is 5.82. The zero-order valence-corrected chi connectivity index (χ0v) is 12.4. The minimum atomic E-state index is -0.818. The van der Waals surface area contributed by atoms with Crippen molar-refractivity contribution in [2.45, 2.75) is 52.0 Å². The fourth-order valence-electron chi connectivity index (χ4n) is 2.70. The van der Waals surface area contributed by atoms with E-state index >= 15 is 0 Å². The Balaban J connectivity index is 2.57. The van der Waals surface area contributed by atoms with Gasteiger partial charge in [-0.2, -0.15) is 0 Å². The molecule has 6 nitrogen and oxygen atoms in total. The molecule has 0 aromatic carbocycles. The lowest BCUT2D eigenvalue weighted by atomic mass is 9.86. The molecule has 0 spiro atoms. The molecule has 0 unspecified atom stereocenters. The molecule has 1 rings (SSSR count). The largest absolute Gasteiger partial charge is 0.481 e. The molecular weight excluding hydrogens is 260 g/mol. The minimum absolute atomic E-state index is 0.0194. The van der Waals surface area contributed by atoms with E-state index in [1.807, 2.05) is 13.8 Å². The number of nitrogens with zero attached hydrogens (tertiary/aromatic N) is 1. The predicted octanol–water partition coefficient (Wildman–Crippen LogP) is 1.43. The summed E-state index contributed by atoms with van der Waals surface area (Å²) in [5.41, 5.74) is -0.796. The van der Waals surface area contributed by atoms with Crippen LogP contribution in [0.3, 0.4) is 0 Å². The van der Waals surface area contributed by atoms with Crippen LogP contribution in [-0.2, 0) is 4.79 Å². The van der Waals surface area contributed by atoms with E-state index in [9.17, 15) is 14.7 Å². The molecule has 0 radical (unpaired) electrons. The van der Waals surface area contributed by atoms with Crippen LogP contribution in [0.15, 0.2) is 0 Å². The van der Waals surface area contributed by atoms with E-state index in [0.717, 1.165) is 12.8 Å². The molecule has 20 heavy (non-hydrogen) atoms. The molecule has 1 aliphatic rings. The number of aliphatic hydroxyl groups is 1. The Hall–Kier alpha value is -1.30. The van der Waals surface area contributed by atoms with Crippen molar-refractivity contribution in [3.63, 3.8) is 0 Å². The van der Waals surface area contributed by atoms with Crippen LogP contribution in [0.5, 0.6) is 0 Å². The Morgan fingerprint density at radius 1 is 1.30 bits per heavy atom. The molecule has 116 valence electrons. The number of urea groups is 1. The Kier molecular flexibility index (Phi) is 6.26. The smallest absolute Gasteiger partial charge is 0.317 e. The highest BCUT2D eigenvalue weighted by Crippen LogP contribution is 2.37. The number of hydrogen-bond acceptors (Lipinski definition) is 3. The number of amides is 2. The van der Waals surface area contributed by atoms with Crippen molar-refractivity contribution in [3.8, 4) is 0 Å². The minimum Gasteiger partial charge on any atom is -0.481 e. The fourth-order valence-corrected chi connectivity index (χ4v) is 2.70. The monoisotopic (exact) mass is 286 g/mol. The van der Waals surface area contributed by atoms with Gasteiger partial charge < -0.3 is 20.4 Å². The maximum atomic E-state index is 12.2. The van der Waals surface area contributed by atoms with Gasteiger partial charge in [0.15, 0.2) is 0 Å². The summed E-state index contributed by atoms with van der Waals surface area (Å²) < 4.78 is 0. The van der Waals surface area contributed by atoms with Gasteiger partial charge in [0.1, 0.15) is 0 Å². The van der Waals surface area contributed by atoms with Crippen molar-refractivity contribution < 1.29 is 19.8 Å². The van der Waals surface area contributed by atoms with Gasteiger partial charge in [-0.05, 0) is 33.1 Å². The Morgan fingerprint density at radius 2 is 1.90 bits per heavy atom. The van der Waals surface area contributed by atoms with Crippen molar-refractivity contribution in [3.05, 3.63) is 0 Å². The quantitative estimate of drug-likeness (QED) is 0.660. The number of aliphatic hydroxyl groups excluding tert-OH is 1. The predicted molar refractivity (Wildman–Crippen MR) is 75.5 cm³/mol. The SMILES string of the molecule is CC(C)N(CCCO)C(=O)NCC1(C(=O)O)CCCC1. The molecule has 0 aromatic rings. The van der Waals surface area contributed by atoms with Crippen molar-refractivity contribution >= 4 is 12.0 Å². The first-order valence-electron chi connectivity index (χ1n) is 7.32. The second-order valence-corrected chi connectivity index (χ2v) is 5.82. The number of carbonyl (C=O) groups is 2. The van der Waals surface area contributed by atoms with E-state index in [1.165, 1.54) is 0 Å². The van der Waals surface area contributed by atoms with E-state index < -0.39 is 11.4 Å². The summed E-state index contributed by atoms with van der Waals surface area (Å²) >= 11 is 0. The normalized spacial score (nSPS) is 17.2. The summed E-state index contributed by atoms with van der Waals surface area (Å²) in [5.74, 6) is -0.818. The highest BCUT2D eigenvalue weighted by atomic mass is 16.4. The van der Waals surface area contributed by atoms with Gasteiger partial charge in [-0.1, -0.05) is 12.8 Å². The molecule has 0 atom stereocenters. The third-order valence-electron chi connectivity index (χ3n) is 4.03. The summed E-state index contributed by atoms with van der Waals surface area (Å²) in [5, 5.41) is 21.0. The van der Waals surface area contributed by atoms with Gasteiger partial charge in [0, 0.05) is 25.7 Å². The molecule has 0 heterocycles. The molecule has 3 N–H and O–H groups in total. The molecule has 0 saturated heterocycles. The van der Waals surface area contributed by atoms with Gasteiger partial charge in [0.25, 0.3) is 0 Å². The van der Waals surface area contributed by atoms with Gasteiger partial charge in [0.05, 0.1) is 5.41 Å². The fraction of sp³-hybridized carbons (Fsp3) is 0.857. The van der Waals surface area contributed by atoms with Gasteiger partial charge in [-0.25, -0.2) is 4.79 Å². The van der Waals surface area contributed by atoms with Crippen molar-refractivity contribution in [1.82, 2.24) is 10.2 Å². The van der Waals surface area contributed by atoms with Crippen LogP contribution >= 0.6 is 0 Å². The number of carboxylic acid groups (broad SMARTS) is 1. The number of rotatable bonds is 7. The average Bonchev–Trinajstić information content (AvgIpc) is 2.86. The lowest BCUT2D eigenvalue weighted by Crippen LogP contribution is -2.49. The third kappa shape index (κ3) is 4.10. The summed E-state index contributed by atoms with van der Waals surface area (Å²) in [6.45, 7) is 4.50. The molecule has 1 saturated carbocycles. The number of carbonyl (C=O) groups excluding carboxylic acids is 1. The molecule has 1 aliphatic carbocycles. The van der Waals surface area contributed by atoms with E-state index in [1.54, 1.807) is 4.90 Å². The van der Waals surface area contributed by atoms with Crippen molar-refractivity contribution in [2.75, 3.05) is 19.7 Å². The van der Waals surface area contributed by atoms with Gasteiger partial charge >= 0.3 is 12.0 Å². The highest BCUT2D eigenvalue weighted by Gasteiger charge is 2.41. The van der Waals surface area contributed by atoms with Crippen LogP contribution < -0.4 is 5.32 Å². The first-order chi connectivity index (χ1) is 9.43. The molecule has 6 heteroatoms. The van der Waals surface area contributed by atoms with Crippen LogP contribution in [0, 0.1) is 5.41 Å². The first-order valence-corrected chi connectivity index (χ1v) is 7.32. The van der Waals surface area contributed by atoms with Crippen molar-refractivity contribution in [2.24, 2.45) is 5.41 Å². The molecule has 0 bridgehead atoms. The number of carboxylic acids is 1. The van der Waals surface area contributed by atoms with Crippen LogP contribution in [0.2, 0.25) is 0 Å². The zero-order valence-electron chi connectivity index (χ0n) is 12.4. The molecule has 0 aromatic heterocycles. The lowest BCUT2D eigenvalue weighted by Gasteiger charge is -2.30. The van der Waals surface area contributed by atoms with E-state index in [4.69, 9.17) is 5.11 Å². The summed E-state index contributed by atoms with van der Waals surface area (Å²) in [6, 6.07) is -0.230. The standard InChI is InChI=1S/C14H26N2O4/c1-11(2)16(8-5-9-17)13(20)15-10-14(12(18)19)6-3-4-7-14/h11,17H,3-10H2,1-2H3,(H,15,20)(H,18,19). The average molecular weight is 286 g/mol. The van der Waals surface area contributed by atoms with Gasteiger partial charge in [-0.3, -0.25) is 4.79 Å². The van der Waals surface area contributed by atoms with Gasteiger partial charge in [-0.15, -0.1) is 0 Å². The van der Waals surface area contributed by atoms with E-state index in [0.29, 0.717) is 25.8 Å². The third-order valence-corrected chi connectivity index (χ3v) is 4.03. The number of hydrogen-bond donors (Lipinski definition) is 3. The van der Waals surface area contributed by atoms with E-state index in [2.05, 4.69) is 5.32 Å². The van der Waals surface area contributed by atoms with Crippen LogP contribution in [-0.4, -0.2) is 52.9 Å². The Labute approximate surface area is 120 Å². The lowest BCUT2D eigenvalue weighted by molar-refractivity contribution is -0.148. The zero-order chi connectivity index (χ0) is 15.2.